The number of nitrogens with zero attached hydrogens (tertiary/aromatic N) is 2. The molecule has 126 valence electrons. The number of hydrogen-bond donors (Lipinski definition) is 1. The summed E-state index contributed by atoms with van der Waals surface area (Å²) in [5.74, 6) is 1.39. The number of hydrogen-bond acceptors (Lipinski definition) is 5. The van der Waals surface area contributed by atoms with Crippen LogP contribution in [0.5, 0.6) is 5.75 Å². The summed E-state index contributed by atoms with van der Waals surface area (Å²) in [5, 5.41) is 9.65. The summed E-state index contributed by atoms with van der Waals surface area (Å²) in [5.41, 5.74) is 1.75. The van der Waals surface area contributed by atoms with E-state index in [2.05, 4.69) is 30.7 Å². The van der Waals surface area contributed by atoms with Crippen molar-refractivity contribution in [3.8, 4) is 17.2 Å². The predicted octanol–water partition coefficient (Wildman–Crippen LogP) is 3.19. The number of aliphatic hydroxyl groups excluding tert-OH is 1. The maximum atomic E-state index is 9.65. The van der Waals surface area contributed by atoms with Crippen LogP contribution in [0.25, 0.3) is 11.5 Å². The number of rotatable bonds is 6. The summed E-state index contributed by atoms with van der Waals surface area (Å²) < 4.78 is 10.7. The van der Waals surface area contributed by atoms with Crippen LogP contribution in [0.1, 0.15) is 26.5 Å². The lowest BCUT2D eigenvalue weighted by Gasteiger charge is -2.36. The molecule has 1 heterocycles. The second kappa shape index (κ2) is 7.15. The Balaban J connectivity index is 2.09. The van der Waals surface area contributed by atoms with Crippen LogP contribution in [-0.2, 0) is 6.54 Å². The van der Waals surface area contributed by atoms with Crippen LogP contribution in [-0.4, -0.2) is 41.8 Å². The zero-order chi connectivity index (χ0) is 17.0. The number of likely N-dealkylation sites (N-methyl/N-ethyl adjacent to an activating group) is 1. The van der Waals surface area contributed by atoms with Gasteiger partial charge in [-0.3, -0.25) is 4.90 Å². The van der Waals surface area contributed by atoms with E-state index in [-0.39, 0.29) is 18.1 Å². The first-order chi connectivity index (χ1) is 10.8. The SMILES string of the molecule is COc1ccc(-c2nc(CN(C)[C@@H](CO)C(C)(C)C)co2)cc1. The first-order valence-corrected chi connectivity index (χ1v) is 7.75. The molecule has 23 heavy (non-hydrogen) atoms. The van der Waals surface area contributed by atoms with Gasteiger partial charge in [0.15, 0.2) is 0 Å². The van der Waals surface area contributed by atoms with Gasteiger partial charge >= 0.3 is 0 Å². The van der Waals surface area contributed by atoms with Crippen LogP contribution in [0.4, 0.5) is 0 Å². The molecule has 0 aliphatic carbocycles. The molecule has 0 amide bonds. The minimum atomic E-state index is -0.00789. The fourth-order valence-electron chi connectivity index (χ4n) is 2.69. The fraction of sp³-hybridized carbons (Fsp3) is 0.500. The molecular weight excluding hydrogens is 292 g/mol. The second-order valence-electron chi connectivity index (χ2n) is 6.85. The molecule has 0 saturated carbocycles. The molecule has 0 fully saturated rings. The van der Waals surface area contributed by atoms with Gasteiger partial charge in [-0.15, -0.1) is 0 Å². The molecule has 1 N–H and O–H groups in total. The summed E-state index contributed by atoms with van der Waals surface area (Å²) in [7, 11) is 3.63. The van der Waals surface area contributed by atoms with Crippen molar-refractivity contribution < 1.29 is 14.3 Å². The highest BCUT2D eigenvalue weighted by Crippen LogP contribution is 2.26. The lowest BCUT2D eigenvalue weighted by atomic mass is 9.86. The second-order valence-corrected chi connectivity index (χ2v) is 6.85. The molecule has 5 heteroatoms. The Morgan fingerprint density at radius 2 is 1.91 bits per heavy atom. The number of aromatic nitrogens is 1. The van der Waals surface area contributed by atoms with Crippen LogP contribution in [0.3, 0.4) is 0 Å². The van der Waals surface area contributed by atoms with Crippen molar-refractivity contribution in [2.45, 2.75) is 33.4 Å². The van der Waals surface area contributed by atoms with Crippen molar-refractivity contribution >= 4 is 0 Å². The Hall–Kier alpha value is -1.85. The Kier molecular flexibility index (Phi) is 5.44. The maximum absolute atomic E-state index is 9.65. The molecule has 5 nitrogen and oxygen atoms in total. The third kappa shape index (κ3) is 4.33. The minimum Gasteiger partial charge on any atom is -0.497 e. The van der Waals surface area contributed by atoms with Crippen molar-refractivity contribution in [3.05, 3.63) is 36.2 Å². The molecule has 0 unspecified atom stereocenters. The quantitative estimate of drug-likeness (QED) is 0.886. The van der Waals surface area contributed by atoms with Gasteiger partial charge in [0.05, 0.1) is 19.4 Å². The molecule has 0 saturated heterocycles. The summed E-state index contributed by atoms with van der Waals surface area (Å²) in [6, 6.07) is 7.66. The van der Waals surface area contributed by atoms with Crippen LogP contribution in [0.2, 0.25) is 0 Å². The van der Waals surface area contributed by atoms with Crippen LogP contribution < -0.4 is 4.74 Å². The lowest BCUT2D eigenvalue weighted by molar-refractivity contribution is 0.0606. The Bertz CT molecular complexity index is 614. The number of ether oxygens (including phenoxy) is 1. The van der Waals surface area contributed by atoms with Crippen LogP contribution >= 0.6 is 0 Å². The van der Waals surface area contributed by atoms with Crippen molar-refractivity contribution in [1.29, 1.82) is 0 Å². The van der Waals surface area contributed by atoms with E-state index in [0.717, 1.165) is 17.0 Å². The van der Waals surface area contributed by atoms with E-state index < -0.39 is 0 Å². The molecule has 0 aliphatic rings. The number of benzene rings is 1. The number of methoxy groups -OCH3 is 1. The molecular formula is C18H26N2O3. The van der Waals surface area contributed by atoms with Crippen molar-refractivity contribution in [2.75, 3.05) is 20.8 Å². The number of oxazole rings is 1. The molecule has 1 aromatic heterocycles. The van der Waals surface area contributed by atoms with E-state index in [0.29, 0.717) is 12.4 Å². The maximum Gasteiger partial charge on any atom is 0.226 e. The Morgan fingerprint density at radius 3 is 2.43 bits per heavy atom. The highest BCUT2D eigenvalue weighted by Gasteiger charge is 2.28. The van der Waals surface area contributed by atoms with Crippen LogP contribution in [0, 0.1) is 5.41 Å². The average molecular weight is 318 g/mol. The highest BCUT2D eigenvalue weighted by atomic mass is 16.5. The molecule has 1 atom stereocenters. The van der Waals surface area contributed by atoms with Gasteiger partial charge in [-0.1, -0.05) is 20.8 Å². The van der Waals surface area contributed by atoms with E-state index in [1.807, 2.05) is 31.3 Å². The standard InChI is InChI=1S/C18H26N2O3/c1-18(2,3)16(11-21)20(4)10-14-12-23-17(19-14)13-6-8-15(22-5)9-7-13/h6-9,12,16,21H,10-11H2,1-5H3/t16-/m0/s1. The van der Waals surface area contributed by atoms with Gasteiger partial charge in [0, 0.05) is 18.2 Å². The zero-order valence-corrected chi connectivity index (χ0v) is 14.5. The molecule has 0 spiro atoms. The third-order valence-electron chi connectivity index (χ3n) is 4.00. The zero-order valence-electron chi connectivity index (χ0n) is 14.5. The van der Waals surface area contributed by atoms with E-state index >= 15 is 0 Å². The van der Waals surface area contributed by atoms with E-state index in [1.54, 1.807) is 13.4 Å². The summed E-state index contributed by atoms with van der Waals surface area (Å²) in [6.07, 6.45) is 1.67. The van der Waals surface area contributed by atoms with Crippen LogP contribution in [0.15, 0.2) is 34.9 Å². The minimum absolute atomic E-state index is 0.00789. The van der Waals surface area contributed by atoms with Gasteiger partial charge in [-0.25, -0.2) is 4.98 Å². The molecule has 0 radical (unpaired) electrons. The molecule has 0 bridgehead atoms. The molecule has 2 rings (SSSR count). The monoisotopic (exact) mass is 318 g/mol. The smallest absolute Gasteiger partial charge is 0.226 e. The fourth-order valence-corrected chi connectivity index (χ4v) is 2.69. The summed E-state index contributed by atoms with van der Waals surface area (Å²) in [4.78, 5) is 6.65. The normalized spacial score (nSPS) is 13.3. The molecule has 1 aromatic carbocycles. The third-order valence-corrected chi connectivity index (χ3v) is 4.00. The highest BCUT2D eigenvalue weighted by molar-refractivity contribution is 5.54. The summed E-state index contributed by atoms with van der Waals surface area (Å²) >= 11 is 0. The predicted molar refractivity (Wildman–Crippen MR) is 90.3 cm³/mol. The first-order valence-electron chi connectivity index (χ1n) is 7.75. The van der Waals surface area contributed by atoms with E-state index in [1.165, 1.54) is 0 Å². The van der Waals surface area contributed by atoms with Gasteiger partial charge in [0.25, 0.3) is 0 Å². The Labute approximate surface area is 137 Å². The molecule has 0 aliphatic heterocycles. The van der Waals surface area contributed by atoms with Gasteiger partial charge in [-0.05, 0) is 36.7 Å². The first kappa shape index (κ1) is 17.5. The average Bonchev–Trinajstić information content (AvgIpc) is 2.95. The van der Waals surface area contributed by atoms with Crippen molar-refractivity contribution in [3.63, 3.8) is 0 Å². The van der Waals surface area contributed by atoms with Gasteiger partial charge in [-0.2, -0.15) is 0 Å². The topological polar surface area (TPSA) is 58.7 Å². The van der Waals surface area contributed by atoms with E-state index in [9.17, 15) is 5.11 Å². The van der Waals surface area contributed by atoms with Crippen molar-refractivity contribution in [2.24, 2.45) is 5.41 Å². The van der Waals surface area contributed by atoms with Gasteiger partial charge in [0.2, 0.25) is 5.89 Å². The van der Waals surface area contributed by atoms with E-state index in [4.69, 9.17) is 9.15 Å². The van der Waals surface area contributed by atoms with Gasteiger partial charge in [0.1, 0.15) is 12.0 Å². The Morgan fingerprint density at radius 1 is 1.26 bits per heavy atom. The number of aliphatic hydroxyl groups is 1. The van der Waals surface area contributed by atoms with Crippen molar-refractivity contribution in [1.82, 2.24) is 9.88 Å². The lowest BCUT2D eigenvalue weighted by Crippen LogP contribution is -2.44. The largest absolute Gasteiger partial charge is 0.497 e. The van der Waals surface area contributed by atoms with Gasteiger partial charge < -0.3 is 14.3 Å². The summed E-state index contributed by atoms with van der Waals surface area (Å²) in [6.45, 7) is 7.10. The molecule has 2 aromatic rings.